The van der Waals surface area contributed by atoms with Crippen molar-refractivity contribution in [2.24, 2.45) is 0 Å². The number of nitrogens with zero attached hydrogens (tertiary/aromatic N) is 1. The summed E-state index contributed by atoms with van der Waals surface area (Å²) >= 11 is 0. The Morgan fingerprint density at radius 2 is 1.44 bits per heavy atom. The summed E-state index contributed by atoms with van der Waals surface area (Å²) in [7, 11) is 0. The van der Waals surface area contributed by atoms with E-state index in [0.29, 0.717) is 0 Å². The zero-order valence-electron chi connectivity index (χ0n) is 17.7. The first kappa shape index (κ1) is 26.5. The topological polar surface area (TPSA) is 230 Å². The SMILES string of the molecule is O=C(C[C@@H]1OC(CO)[C@@H](O[C@@H]2OC(CO)[C@H](O)[C@H](O)C2O)[C@H](O)C1O)c1ccc([N+](=O)[O-])cc1. The second kappa shape index (κ2) is 11.1. The molecule has 2 saturated heterocycles. The number of hydrogen-bond acceptors (Lipinski definition) is 13. The maximum absolute atomic E-state index is 12.6. The van der Waals surface area contributed by atoms with Crippen molar-refractivity contribution in [3.63, 3.8) is 0 Å². The highest BCUT2D eigenvalue weighted by Gasteiger charge is 2.50. The number of aliphatic hydroxyl groups excluding tert-OH is 7. The molecule has 0 aliphatic carbocycles. The summed E-state index contributed by atoms with van der Waals surface area (Å²) in [5, 5.41) is 80.8. The Morgan fingerprint density at radius 1 is 0.853 bits per heavy atom. The van der Waals surface area contributed by atoms with Crippen LogP contribution in [-0.2, 0) is 14.2 Å². The molecule has 2 fully saturated rings. The molecule has 0 amide bonds. The number of carbonyl (C=O) groups is 1. The number of ether oxygens (including phenoxy) is 3. The van der Waals surface area contributed by atoms with E-state index in [9.17, 15) is 50.7 Å². The molecule has 0 aromatic heterocycles. The van der Waals surface area contributed by atoms with Gasteiger partial charge in [0.1, 0.15) is 48.8 Å². The summed E-state index contributed by atoms with van der Waals surface area (Å²) < 4.78 is 16.2. The molecule has 0 saturated carbocycles. The zero-order valence-corrected chi connectivity index (χ0v) is 17.7. The lowest BCUT2D eigenvalue weighted by Gasteiger charge is -2.46. The fourth-order valence-corrected chi connectivity index (χ4v) is 3.90. The number of Topliss-reactive ketones (excluding diaryl/α,β-unsaturated/α-hetero) is 1. The Hall–Kier alpha value is -2.11. The molecule has 2 heterocycles. The number of carbonyl (C=O) groups excluding carboxylic acids is 1. The van der Waals surface area contributed by atoms with E-state index in [-0.39, 0.29) is 11.3 Å². The molecule has 10 atom stereocenters. The highest BCUT2D eigenvalue weighted by molar-refractivity contribution is 5.96. The van der Waals surface area contributed by atoms with E-state index in [0.717, 1.165) is 12.1 Å². The Morgan fingerprint density at radius 3 is 2.00 bits per heavy atom. The van der Waals surface area contributed by atoms with Crippen LogP contribution in [0.3, 0.4) is 0 Å². The predicted molar refractivity (Wildman–Crippen MR) is 108 cm³/mol. The molecule has 2 aliphatic heterocycles. The lowest BCUT2D eigenvalue weighted by Crippen LogP contribution is -2.64. The van der Waals surface area contributed by atoms with E-state index in [1.807, 2.05) is 0 Å². The van der Waals surface area contributed by atoms with E-state index < -0.39 is 91.6 Å². The first-order chi connectivity index (χ1) is 16.1. The molecule has 4 unspecified atom stereocenters. The number of nitro groups is 1. The number of benzene rings is 1. The average molecular weight is 489 g/mol. The van der Waals surface area contributed by atoms with Gasteiger partial charge in [0.25, 0.3) is 5.69 Å². The number of aliphatic hydroxyl groups is 7. The summed E-state index contributed by atoms with van der Waals surface area (Å²) in [6.45, 7) is -1.44. The third kappa shape index (κ3) is 5.41. The van der Waals surface area contributed by atoms with Gasteiger partial charge in [0.2, 0.25) is 0 Å². The van der Waals surface area contributed by atoms with Crippen molar-refractivity contribution in [3.8, 4) is 0 Å². The fourth-order valence-electron chi connectivity index (χ4n) is 3.90. The minimum Gasteiger partial charge on any atom is -0.394 e. The van der Waals surface area contributed by atoms with Crippen molar-refractivity contribution in [1.29, 1.82) is 0 Å². The molecular weight excluding hydrogens is 462 g/mol. The van der Waals surface area contributed by atoms with Crippen molar-refractivity contribution in [3.05, 3.63) is 39.9 Å². The van der Waals surface area contributed by atoms with E-state index in [4.69, 9.17) is 14.2 Å². The standard InChI is InChI=1S/C20H27NO13/c22-6-12-15(26)16(27)18(29)20(33-12)34-19-13(7-23)32-11(14(25)17(19)28)5-10(24)8-1-3-9(4-2-8)21(30)31/h1-4,11-20,22-23,25-29H,5-7H2/t11-,12?,13?,14?,15-,16-,17+,18?,19+,20-/m0/s1. The van der Waals surface area contributed by atoms with Crippen molar-refractivity contribution < 1.29 is 59.7 Å². The quantitative estimate of drug-likeness (QED) is 0.109. The number of non-ortho nitro benzene ring substituents is 1. The molecule has 0 radical (unpaired) electrons. The molecule has 0 spiro atoms. The van der Waals surface area contributed by atoms with Gasteiger partial charge in [0.05, 0.1) is 24.2 Å². The monoisotopic (exact) mass is 489 g/mol. The first-order valence-corrected chi connectivity index (χ1v) is 10.4. The second-order valence-corrected chi connectivity index (χ2v) is 8.11. The lowest BCUT2D eigenvalue weighted by molar-refractivity contribution is -0.384. The number of rotatable bonds is 8. The molecule has 190 valence electrons. The highest BCUT2D eigenvalue weighted by Crippen LogP contribution is 2.30. The Bertz CT molecular complexity index is 847. The van der Waals surface area contributed by atoms with Gasteiger partial charge in [-0.1, -0.05) is 0 Å². The van der Waals surface area contributed by atoms with Gasteiger partial charge in [-0.25, -0.2) is 0 Å². The third-order valence-electron chi connectivity index (χ3n) is 5.89. The number of ketones is 1. The van der Waals surface area contributed by atoms with Gasteiger partial charge in [-0.3, -0.25) is 14.9 Å². The minimum atomic E-state index is -1.79. The minimum absolute atomic E-state index is 0.108. The van der Waals surface area contributed by atoms with Crippen LogP contribution >= 0.6 is 0 Å². The van der Waals surface area contributed by atoms with Gasteiger partial charge in [-0.2, -0.15) is 0 Å². The summed E-state index contributed by atoms with van der Waals surface area (Å²) in [6.07, 6.45) is -16.0. The van der Waals surface area contributed by atoms with Crippen LogP contribution in [0.25, 0.3) is 0 Å². The zero-order chi connectivity index (χ0) is 25.2. The highest BCUT2D eigenvalue weighted by atomic mass is 16.7. The molecular formula is C20H27NO13. The van der Waals surface area contributed by atoms with E-state index in [1.165, 1.54) is 12.1 Å². The third-order valence-corrected chi connectivity index (χ3v) is 5.89. The molecule has 7 N–H and O–H groups in total. The molecule has 14 nitrogen and oxygen atoms in total. The molecule has 34 heavy (non-hydrogen) atoms. The second-order valence-electron chi connectivity index (χ2n) is 8.11. The number of hydrogen-bond donors (Lipinski definition) is 7. The van der Waals surface area contributed by atoms with Crippen LogP contribution in [0.2, 0.25) is 0 Å². The van der Waals surface area contributed by atoms with Crippen LogP contribution in [0.1, 0.15) is 16.8 Å². The van der Waals surface area contributed by atoms with Gasteiger partial charge < -0.3 is 50.0 Å². The van der Waals surface area contributed by atoms with E-state index in [2.05, 4.69) is 0 Å². The maximum Gasteiger partial charge on any atom is 0.269 e. The van der Waals surface area contributed by atoms with Crippen LogP contribution in [-0.4, -0.2) is 121 Å². The molecule has 1 aromatic rings. The van der Waals surface area contributed by atoms with Crippen LogP contribution in [0.15, 0.2) is 24.3 Å². The van der Waals surface area contributed by atoms with Crippen LogP contribution in [0.4, 0.5) is 5.69 Å². The fraction of sp³-hybridized carbons (Fsp3) is 0.650. The van der Waals surface area contributed by atoms with Crippen molar-refractivity contribution >= 4 is 11.5 Å². The molecule has 1 aromatic carbocycles. The molecule has 0 bridgehead atoms. The number of nitro benzene ring substituents is 1. The molecule has 3 rings (SSSR count). The summed E-state index contributed by atoms with van der Waals surface area (Å²) in [5.41, 5.74) is -0.106. The Labute approximate surface area is 192 Å². The van der Waals surface area contributed by atoms with Gasteiger partial charge in [-0.05, 0) is 12.1 Å². The Balaban J connectivity index is 1.69. The van der Waals surface area contributed by atoms with E-state index in [1.54, 1.807) is 0 Å². The van der Waals surface area contributed by atoms with Crippen molar-refractivity contribution in [2.45, 2.75) is 67.6 Å². The van der Waals surface area contributed by atoms with Gasteiger partial charge >= 0.3 is 0 Å². The van der Waals surface area contributed by atoms with Crippen molar-refractivity contribution in [1.82, 2.24) is 0 Å². The predicted octanol–water partition coefficient (Wildman–Crippen LogP) is -3.17. The average Bonchev–Trinajstić information content (AvgIpc) is 2.83. The van der Waals surface area contributed by atoms with Crippen LogP contribution in [0.5, 0.6) is 0 Å². The Kier molecular flexibility index (Phi) is 8.64. The van der Waals surface area contributed by atoms with Gasteiger partial charge in [-0.15, -0.1) is 0 Å². The lowest BCUT2D eigenvalue weighted by atomic mass is 9.91. The summed E-state index contributed by atoms with van der Waals surface area (Å²) in [5.74, 6) is -0.545. The summed E-state index contributed by atoms with van der Waals surface area (Å²) in [4.78, 5) is 22.7. The van der Waals surface area contributed by atoms with Crippen molar-refractivity contribution in [2.75, 3.05) is 13.2 Å². The normalized spacial score (nSPS) is 38.4. The van der Waals surface area contributed by atoms with Gasteiger partial charge in [0, 0.05) is 24.1 Å². The van der Waals surface area contributed by atoms with Crippen LogP contribution < -0.4 is 0 Å². The molecule has 14 heteroatoms. The summed E-state index contributed by atoms with van der Waals surface area (Å²) in [6, 6.07) is 4.75. The van der Waals surface area contributed by atoms with Gasteiger partial charge in [0.15, 0.2) is 12.1 Å². The largest absolute Gasteiger partial charge is 0.394 e. The van der Waals surface area contributed by atoms with Crippen LogP contribution in [0, 0.1) is 10.1 Å². The molecule has 2 aliphatic rings. The van der Waals surface area contributed by atoms with E-state index >= 15 is 0 Å². The first-order valence-electron chi connectivity index (χ1n) is 10.4. The smallest absolute Gasteiger partial charge is 0.269 e. The maximum atomic E-state index is 12.6.